The van der Waals surface area contributed by atoms with Crippen LogP contribution >= 0.6 is 0 Å². The van der Waals surface area contributed by atoms with Crippen LogP contribution in [0, 0.1) is 0 Å². The molecule has 218 valence electrons. The minimum absolute atomic E-state index is 0.0604. The summed E-state index contributed by atoms with van der Waals surface area (Å²) in [5.74, 6) is 3.40. The number of aromatic nitrogens is 2. The highest BCUT2D eigenvalue weighted by Crippen LogP contribution is 2.46. The van der Waals surface area contributed by atoms with Crippen LogP contribution in [0.3, 0.4) is 0 Å². The standard InChI is InChI=1S/C42H25BN2O2/c1-7-19-32-26(13-1)27-14-2-8-20-33(27)44(32)36-25-37(45-34-21-9-3-15-28(34)29-16-4-10-22-35(29)45)42-40-41(36)46-38-23-11-5-17-30(38)43(40)31-18-6-12-24-39(31)47-42/h1-25H. The van der Waals surface area contributed by atoms with Gasteiger partial charge in [-0.15, -0.1) is 0 Å². The van der Waals surface area contributed by atoms with E-state index < -0.39 is 0 Å². The number of ether oxygens (including phenoxy) is 2. The highest BCUT2D eigenvalue weighted by molar-refractivity contribution is 6.98. The molecular weight excluding hydrogens is 575 g/mol. The molecule has 9 aromatic rings. The first-order valence-corrected chi connectivity index (χ1v) is 16.1. The molecule has 0 radical (unpaired) electrons. The zero-order valence-electron chi connectivity index (χ0n) is 25.2. The zero-order chi connectivity index (χ0) is 30.6. The average Bonchev–Trinajstić information content (AvgIpc) is 3.65. The number of rotatable bonds is 2. The third-order valence-electron chi connectivity index (χ3n) is 10.0. The van der Waals surface area contributed by atoms with Crippen molar-refractivity contribution >= 4 is 66.7 Å². The Morgan fingerprint density at radius 1 is 0.383 bits per heavy atom. The molecule has 0 unspecified atom stereocenters. The summed E-state index contributed by atoms with van der Waals surface area (Å²) in [7, 11) is 0. The van der Waals surface area contributed by atoms with Crippen LogP contribution in [0.15, 0.2) is 152 Å². The fraction of sp³-hybridized carbons (Fsp3) is 0. The van der Waals surface area contributed by atoms with Crippen molar-refractivity contribution in [3.8, 4) is 34.4 Å². The predicted octanol–water partition coefficient (Wildman–Crippen LogP) is 8.61. The van der Waals surface area contributed by atoms with Crippen LogP contribution < -0.4 is 25.9 Å². The molecule has 4 nitrogen and oxygen atoms in total. The molecule has 0 bridgehead atoms. The molecule has 2 aliphatic heterocycles. The van der Waals surface area contributed by atoms with Gasteiger partial charge in [-0.2, -0.15) is 0 Å². The summed E-state index contributed by atoms with van der Waals surface area (Å²) in [6, 6.07) is 53.8. The molecule has 47 heavy (non-hydrogen) atoms. The van der Waals surface area contributed by atoms with Gasteiger partial charge in [-0.1, -0.05) is 109 Å². The van der Waals surface area contributed by atoms with Gasteiger partial charge in [0, 0.05) is 27.0 Å². The van der Waals surface area contributed by atoms with Gasteiger partial charge in [-0.25, -0.2) is 0 Å². The Labute approximate surface area is 270 Å². The first-order chi connectivity index (χ1) is 23.3. The third-order valence-corrected chi connectivity index (χ3v) is 10.0. The van der Waals surface area contributed by atoms with Crippen molar-refractivity contribution in [3.05, 3.63) is 152 Å². The Bertz CT molecular complexity index is 2480. The van der Waals surface area contributed by atoms with Gasteiger partial charge < -0.3 is 18.6 Å². The molecule has 0 amide bonds. The van der Waals surface area contributed by atoms with Gasteiger partial charge in [-0.3, -0.25) is 0 Å². The lowest BCUT2D eigenvalue weighted by Crippen LogP contribution is -2.57. The fourth-order valence-corrected chi connectivity index (χ4v) is 8.14. The van der Waals surface area contributed by atoms with E-state index in [0.29, 0.717) is 0 Å². The molecule has 4 heterocycles. The summed E-state index contributed by atoms with van der Waals surface area (Å²) in [5, 5.41) is 4.84. The van der Waals surface area contributed by atoms with Crippen molar-refractivity contribution < 1.29 is 9.47 Å². The van der Waals surface area contributed by atoms with Crippen LogP contribution in [-0.4, -0.2) is 15.8 Å². The first kappa shape index (κ1) is 25.0. The molecule has 0 spiro atoms. The predicted molar refractivity (Wildman–Crippen MR) is 193 cm³/mol. The van der Waals surface area contributed by atoms with E-state index in [4.69, 9.17) is 9.47 Å². The molecule has 0 atom stereocenters. The van der Waals surface area contributed by atoms with E-state index in [0.717, 1.165) is 72.8 Å². The van der Waals surface area contributed by atoms with Gasteiger partial charge in [0.15, 0.2) is 11.5 Å². The monoisotopic (exact) mass is 600 g/mol. The van der Waals surface area contributed by atoms with Crippen molar-refractivity contribution in [2.45, 2.75) is 0 Å². The van der Waals surface area contributed by atoms with E-state index >= 15 is 0 Å². The minimum Gasteiger partial charge on any atom is -0.456 e. The fourth-order valence-electron chi connectivity index (χ4n) is 8.14. The second-order valence-corrected chi connectivity index (χ2v) is 12.4. The van der Waals surface area contributed by atoms with Crippen molar-refractivity contribution in [2.24, 2.45) is 0 Å². The maximum Gasteiger partial charge on any atom is 0.260 e. The van der Waals surface area contributed by atoms with E-state index in [1.165, 1.54) is 21.5 Å². The summed E-state index contributed by atoms with van der Waals surface area (Å²) < 4.78 is 18.8. The van der Waals surface area contributed by atoms with Gasteiger partial charge in [0.25, 0.3) is 6.71 Å². The Morgan fingerprint density at radius 3 is 1.13 bits per heavy atom. The van der Waals surface area contributed by atoms with Crippen molar-refractivity contribution in [1.29, 1.82) is 0 Å². The lowest BCUT2D eigenvalue weighted by molar-refractivity contribution is 0.462. The highest BCUT2D eigenvalue weighted by atomic mass is 16.5. The SMILES string of the molecule is c1ccc2c(c1)Oc1c(-n3c4ccccc4c4ccccc43)cc(-n3c4ccccc4c4ccccc43)c3c1B2c1ccccc1O3. The van der Waals surface area contributed by atoms with Crippen LogP contribution in [0.1, 0.15) is 0 Å². The normalized spacial score (nSPS) is 13.0. The second-order valence-electron chi connectivity index (χ2n) is 12.4. The summed E-state index contributed by atoms with van der Waals surface area (Å²) >= 11 is 0. The van der Waals surface area contributed by atoms with Crippen LogP contribution in [0.5, 0.6) is 23.0 Å². The van der Waals surface area contributed by atoms with Gasteiger partial charge in [0.1, 0.15) is 11.5 Å². The largest absolute Gasteiger partial charge is 0.456 e. The molecule has 2 aliphatic rings. The number of nitrogens with zero attached hydrogens (tertiary/aromatic N) is 2. The molecule has 7 aromatic carbocycles. The van der Waals surface area contributed by atoms with Crippen molar-refractivity contribution in [3.63, 3.8) is 0 Å². The van der Waals surface area contributed by atoms with E-state index in [2.05, 4.69) is 161 Å². The zero-order valence-corrected chi connectivity index (χ0v) is 25.2. The van der Waals surface area contributed by atoms with Crippen LogP contribution in [0.25, 0.3) is 55.0 Å². The molecule has 0 saturated carbocycles. The van der Waals surface area contributed by atoms with Crippen LogP contribution in [0.4, 0.5) is 0 Å². The molecule has 11 rings (SSSR count). The third kappa shape index (κ3) is 3.27. The average molecular weight is 600 g/mol. The summed E-state index contributed by atoms with van der Waals surface area (Å²) in [6.07, 6.45) is 0. The van der Waals surface area contributed by atoms with Crippen molar-refractivity contribution in [1.82, 2.24) is 9.13 Å². The smallest absolute Gasteiger partial charge is 0.260 e. The van der Waals surface area contributed by atoms with E-state index in [1.807, 2.05) is 0 Å². The van der Waals surface area contributed by atoms with Gasteiger partial charge in [0.05, 0.1) is 33.4 Å². The van der Waals surface area contributed by atoms with Gasteiger partial charge in [-0.05, 0) is 53.4 Å². The van der Waals surface area contributed by atoms with E-state index in [-0.39, 0.29) is 6.71 Å². The van der Waals surface area contributed by atoms with Crippen LogP contribution in [0.2, 0.25) is 0 Å². The molecule has 0 aliphatic carbocycles. The Hall–Kier alpha value is -6.20. The molecule has 2 aromatic heterocycles. The minimum atomic E-state index is -0.0604. The number of hydrogen-bond donors (Lipinski definition) is 0. The maximum atomic E-state index is 7.03. The molecular formula is C42H25BN2O2. The quantitative estimate of drug-likeness (QED) is 0.186. The Balaban J connectivity index is 1.36. The number of benzene rings is 7. The van der Waals surface area contributed by atoms with E-state index in [9.17, 15) is 0 Å². The maximum absolute atomic E-state index is 7.03. The summed E-state index contributed by atoms with van der Waals surface area (Å²) in [6.45, 7) is -0.0604. The molecule has 5 heteroatoms. The first-order valence-electron chi connectivity index (χ1n) is 16.1. The number of fused-ring (bicyclic) bond motifs is 10. The molecule has 0 N–H and O–H groups in total. The topological polar surface area (TPSA) is 28.3 Å². The molecule has 0 fully saturated rings. The summed E-state index contributed by atoms with van der Waals surface area (Å²) in [5.41, 5.74) is 9.85. The Kier molecular flexibility index (Phi) is 4.89. The van der Waals surface area contributed by atoms with Gasteiger partial charge in [0.2, 0.25) is 0 Å². The summed E-state index contributed by atoms with van der Waals surface area (Å²) in [4.78, 5) is 0. The lowest BCUT2D eigenvalue weighted by Gasteiger charge is -2.35. The highest BCUT2D eigenvalue weighted by Gasteiger charge is 2.43. The molecule has 0 saturated heterocycles. The number of para-hydroxylation sites is 6. The van der Waals surface area contributed by atoms with Gasteiger partial charge >= 0.3 is 0 Å². The number of hydrogen-bond acceptors (Lipinski definition) is 2. The second kappa shape index (κ2) is 9.18. The van der Waals surface area contributed by atoms with Crippen LogP contribution in [-0.2, 0) is 0 Å². The van der Waals surface area contributed by atoms with E-state index in [1.54, 1.807) is 0 Å². The Morgan fingerprint density at radius 2 is 0.723 bits per heavy atom. The van der Waals surface area contributed by atoms with Crippen molar-refractivity contribution in [2.75, 3.05) is 0 Å². The lowest BCUT2D eigenvalue weighted by atomic mass is 9.34.